The van der Waals surface area contributed by atoms with Gasteiger partial charge in [-0.2, -0.15) is 0 Å². The van der Waals surface area contributed by atoms with Gasteiger partial charge in [0, 0.05) is 19.3 Å². The van der Waals surface area contributed by atoms with Crippen molar-refractivity contribution in [1.82, 2.24) is 0 Å². The maximum Gasteiger partial charge on any atom is 0.472 e. The fourth-order valence-corrected chi connectivity index (χ4v) is 12.3. The second kappa shape index (κ2) is 80.4. The van der Waals surface area contributed by atoms with Crippen LogP contribution in [-0.2, 0) is 55.8 Å². The quantitative estimate of drug-likeness (QED) is 0.0146. The van der Waals surface area contributed by atoms with Crippen molar-refractivity contribution in [3.8, 4) is 0 Å². The van der Waals surface area contributed by atoms with Gasteiger partial charge in [-0.25, -0.2) is 9.13 Å². The minimum absolute atomic E-state index is 0.0643. The van der Waals surface area contributed by atoms with Crippen molar-refractivity contribution in [1.29, 1.82) is 0 Å². The average molecular weight is 1540 g/mol. The molecule has 0 rings (SSSR count). The number of hydrogen-bond acceptors (Lipinski definition) is 14. The van der Waals surface area contributed by atoms with Gasteiger partial charge in [0.1, 0.15) is 25.4 Å². The summed E-state index contributed by atoms with van der Waals surface area (Å²) in [5.41, 5.74) is 0. The lowest BCUT2D eigenvalue weighted by atomic mass is 10.0. The molecule has 0 aromatic heterocycles. The van der Waals surface area contributed by atoms with Crippen LogP contribution in [0.25, 0.3) is 0 Å². The van der Waals surface area contributed by atoms with E-state index in [0.29, 0.717) is 19.3 Å². The van der Waals surface area contributed by atoms with Gasteiger partial charge in [-0.3, -0.25) is 32.5 Å². The fraction of sp³-hybridized carbons (Fsp3) is 0.652. The van der Waals surface area contributed by atoms with Crippen LogP contribution in [0.3, 0.4) is 0 Å². The molecule has 4 N–H and O–H groups in total. The summed E-state index contributed by atoms with van der Waals surface area (Å²) in [4.78, 5) is 58.7. The van der Waals surface area contributed by atoms with Crippen LogP contribution in [0.15, 0.2) is 170 Å². The first-order valence-corrected chi connectivity index (χ1v) is 44.4. The average Bonchev–Trinajstić information content (AvgIpc) is 0.927. The number of aliphatic hydroxyl groups is 2. The molecule has 16 nitrogen and oxygen atoms in total. The van der Waals surface area contributed by atoms with Crippen molar-refractivity contribution in [2.45, 2.75) is 334 Å². The number of hydrogen-bond donors (Lipinski definition) is 4. The highest BCUT2D eigenvalue weighted by atomic mass is 31.2. The second-order valence-corrected chi connectivity index (χ2v) is 30.1. The van der Waals surface area contributed by atoms with Crippen LogP contribution in [0.2, 0.25) is 0 Å². The normalized spacial score (nSPS) is 14.8. The van der Waals surface area contributed by atoms with Crippen LogP contribution in [0.4, 0.5) is 0 Å². The summed E-state index contributed by atoms with van der Waals surface area (Å²) in [7, 11) is -9.82. The minimum atomic E-state index is -4.95. The molecule has 5 unspecified atom stereocenters. The number of aliphatic hydroxyl groups excluding tert-OH is 2. The molecule has 0 heterocycles. The Labute approximate surface area is 650 Å². The van der Waals surface area contributed by atoms with Crippen LogP contribution < -0.4 is 0 Å². The Hall–Kier alpha value is -5.09. The third kappa shape index (κ3) is 81.7. The maximum atomic E-state index is 13.0. The summed E-state index contributed by atoms with van der Waals surface area (Å²) >= 11 is 0. The number of esters is 3. The number of carbonyl (C=O) groups excluding carboxylic acids is 3. The van der Waals surface area contributed by atoms with Gasteiger partial charge in [0.25, 0.3) is 0 Å². The van der Waals surface area contributed by atoms with Gasteiger partial charge in [0.2, 0.25) is 0 Å². The Morgan fingerprint density at radius 3 is 0.785 bits per heavy atom. The standard InChI is InChI=1S/C89H148O16P2/c1-4-7-10-13-16-19-22-25-28-31-33-35-37-38-39-40-41-42-43-44-46-48-49-52-54-57-60-63-66-69-72-75-87(92)99-78-84(90)79-101-106(95,96)102-80-85(91)81-103-107(97,98)104-83-86(105-89(94)77-74-71-68-65-62-59-56-51-30-27-24-21-18-15-12-9-6-3)82-100-88(93)76-73-70-67-64-61-58-55-53-50-47-45-36-34-32-29-26-23-20-17-14-11-8-5-2/h8-9,11-12,16-21,25-30,33-36,38-39,47,50,55-56,58-59,84-86,90-91H,4-7,10,13-15,22-24,31-32,37,40-46,48-49,51-54,57,60-83H2,1-3H3,(H,95,96)(H,97,98)/b11-8-,12-9-,19-16-,20-17-,21-18-,28-25-,29-26-,30-27-,35-33-,36-34-,39-38-,50-47-,58-55-,59-56-. The van der Waals surface area contributed by atoms with E-state index in [9.17, 15) is 43.5 Å². The van der Waals surface area contributed by atoms with Crippen LogP contribution in [0.5, 0.6) is 0 Å². The molecule has 0 radical (unpaired) electrons. The Morgan fingerprint density at radius 1 is 0.271 bits per heavy atom. The molecule has 0 aliphatic heterocycles. The molecule has 0 aromatic carbocycles. The maximum absolute atomic E-state index is 13.0. The molecule has 107 heavy (non-hydrogen) atoms. The summed E-state index contributed by atoms with van der Waals surface area (Å²) in [6, 6.07) is 0. The zero-order valence-electron chi connectivity index (χ0n) is 66.7. The van der Waals surface area contributed by atoms with Crippen LogP contribution >= 0.6 is 15.6 Å². The SMILES string of the molecule is CC/C=C\C/C=C\C/C=C\C/C=C\C/C=C\C/C=C\CCCCCCC(=O)OCC(COP(=O)(O)OCC(O)COP(=O)(O)OCC(O)COC(=O)CCCCCCCCCCCCCCCCC/C=C\C/C=C\C/C=C\C/C=C\CCCCC)OC(=O)CCCCCC/C=C\C/C=C\C/C=C\C/C=C\CC. The second-order valence-electron chi connectivity index (χ2n) is 27.2. The van der Waals surface area contributed by atoms with Crippen molar-refractivity contribution in [3.05, 3.63) is 170 Å². The predicted molar refractivity (Wildman–Crippen MR) is 445 cm³/mol. The molecular formula is C89H148O16P2. The highest BCUT2D eigenvalue weighted by Crippen LogP contribution is 2.45. The topological polar surface area (TPSA) is 231 Å². The lowest BCUT2D eigenvalue weighted by molar-refractivity contribution is -0.161. The van der Waals surface area contributed by atoms with E-state index in [4.69, 9.17) is 32.3 Å². The third-order valence-electron chi connectivity index (χ3n) is 16.9. The first-order valence-electron chi connectivity index (χ1n) is 41.4. The van der Waals surface area contributed by atoms with Crippen LogP contribution in [-0.4, -0.2) is 95.9 Å². The van der Waals surface area contributed by atoms with Crippen molar-refractivity contribution < 1.29 is 75.8 Å². The molecule has 610 valence electrons. The van der Waals surface area contributed by atoms with E-state index < -0.39 is 91.5 Å². The number of rotatable bonds is 77. The zero-order valence-corrected chi connectivity index (χ0v) is 68.5. The van der Waals surface area contributed by atoms with E-state index in [0.717, 1.165) is 154 Å². The van der Waals surface area contributed by atoms with Crippen molar-refractivity contribution in [2.24, 2.45) is 0 Å². The van der Waals surface area contributed by atoms with E-state index >= 15 is 0 Å². The fourth-order valence-electron chi connectivity index (χ4n) is 10.7. The van der Waals surface area contributed by atoms with Gasteiger partial charge in [-0.1, -0.05) is 313 Å². The Kier molecular flexibility index (Phi) is 76.6. The Morgan fingerprint density at radius 2 is 0.495 bits per heavy atom. The largest absolute Gasteiger partial charge is 0.472 e. The number of phosphoric acid groups is 2. The van der Waals surface area contributed by atoms with Crippen molar-refractivity contribution >= 4 is 33.6 Å². The predicted octanol–water partition coefficient (Wildman–Crippen LogP) is 24.8. The smallest absolute Gasteiger partial charge is 0.463 e. The van der Waals surface area contributed by atoms with Crippen molar-refractivity contribution in [3.63, 3.8) is 0 Å². The molecule has 0 fully saturated rings. The zero-order chi connectivity index (χ0) is 78.0. The summed E-state index contributed by atoms with van der Waals surface area (Å²) in [6.07, 6.45) is 103. The first kappa shape index (κ1) is 102. The minimum Gasteiger partial charge on any atom is -0.463 e. The molecule has 0 aromatic rings. The number of allylic oxidation sites excluding steroid dienone is 28. The molecular weight excluding hydrogens is 1390 g/mol. The first-order chi connectivity index (χ1) is 52.2. The van der Waals surface area contributed by atoms with Gasteiger partial charge >= 0.3 is 33.6 Å². The van der Waals surface area contributed by atoms with E-state index in [2.05, 4.69) is 191 Å². The number of phosphoric ester groups is 2. The lowest BCUT2D eigenvalue weighted by Crippen LogP contribution is -2.30. The molecule has 5 atom stereocenters. The van der Waals surface area contributed by atoms with E-state index in [-0.39, 0.29) is 19.3 Å². The van der Waals surface area contributed by atoms with Crippen LogP contribution in [0, 0.1) is 0 Å². The van der Waals surface area contributed by atoms with Gasteiger partial charge in [-0.15, -0.1) is 0 Å². The third-order valence-corrected chi connectivity index (χ3v) is 18.8. The number of ether oxygens (including phenoxy) is 3. The van der Waals surface area contributed by atoms with Gasteiger partial charge < -0.3 is 34.2 Å². The van der Waals surface area contributed by atoms with E-state index in [1.54, 1.807) is 0 Å². The van der Waals surface area contributed by atoms with Crippen molar-refractivity contribution in [2.75, 3.05) is 39.6 Å². The molecule has 0 saturated heterocycles. The van der Waals surface area contributed by atoms with Crippen LogP contribution in [0.1, 0.15) is 316 Å². The molecule has 0 aliphatic carbocycles. The van der Waals surface area contributed by atoms with E-state index in [1.807, 2.05) is 0 Å². The number of unbranched alkanes of at least 4 members (excludes halogenated alkanes) is 26. The summed E-state index contributed by atoms with van der Waals surface area (Å²) in [5.74, 6) is -1.64. The highest BCUT2D eigenvalue weighted by Gasteiger charge is 2.29. The highest BCUT2D eigenvalue weighted by molar-refractivity contribution is 7.47. The lowest BCUT2D eigenvalue weighted by Gasteiger charge is -2.21. The van der Waals surface area contributed by atoms with Gasteiger partial charge in [0.15, 0.2) is 6.10 Å². The summed E-state index contributed by atoms with van der Waals surface area (Å²) < 4.78 is 61.2. The van der Waals surface area contributed by atoms with E-state index in [1.165, 1.54) is 103 Å². The molecule has 0 amide bonds. The summed E-state index contributed by atoms with van der Waals surface area (Å²) in [5, 5.41) is 20.7. The molecule has 0 spiro atoms. The molecule has 0 saturated carbocycles. The Balaban J connectivity index is 4.58. The Bertz CT molecular complexity index is 2620. The molecule has 0 bridgehead atoms. The monoisotopic (exact) mass is 1540 g/mol. The molecule has 0 aliphatic rings. The van der Waals surface area contributed by atoms with Gasteiger partial charge in [-0.05, 0) is 154 Å². The summed E-state index contributed by atoms with van der Waals surface area (Å²) in [6.45, 7) is 2.37. The van der Waals surface area contributed by atoms with Gasteiger partial charge in [0.05, 0.1) is 26.4 Å². The molecule has 18 heteroatoms. The number of carbonyl (C=O) groups is 3.